The van der Waals surface area contributed by atoms with Gasteiger partial charge in [-0.05, 0) is 46.3 Å². The van der Waals surface area contributed by atoms with Gasteiger partial charge in [0, 0.05) is 23.1 Å². The van der Waals surface area contributed by atoms with Crippen molar-refractivity contribution in [3.63, 3.8) is 0 Å². The first-order chi connectivity index (χ1) is 12.0. The fourth-order valence-electron chi connectivity index (χ4n) is 2.68. The van der Waals surface area contributed by atoms with E-state index in [9.17, 15) is 20.1 Å². The molecule has 2 atom stereocenters. The highest BCUT2D eigenvalue weighted by atomic mass is 16.6. The number of carbonyl (C=O) groups is 1. The van der Waals surface area contributed by atoms with Crippen molar-refractivity contribution in [3.8, 4) is 17.2 Å². The average Bonchev–Trinajstić information content (AvgIpc) is 2.70. The minimum absolute atomic E-state index is 0.110. The average molecular weight is 362 g/mol. The van der Waals surface area contributed by atoms with E-state index in [0.29, 0.717) is 16.7 Å². The molecule has 26 heavy (non-hydrogen) atoms. The van der Waals surface area contributed by atoms with E-state index in [2.05, 4.69) is 6.58 Å². The minimum Gasteiger partial charge on any atom is -0.508 e. The molecule has 142 valence electrons. The summed E-state index contributed by atoms with van der Waals surface area (Å²) in [6, 6.07) is 1.42. The smallest absolute Gasteiger partial charge is 0.333 e. The van der Waals surface area contributed by atoms with E-state index in [1.165, 1.54) is 6.07 Å². The molecule has 3 N–H and O–H groups in total. The maximum Gasteiger partial charge on any atom is 0.333 e. The number of phenols is 2. The molecule has 1 aliphatic rings. The monoisotopic (exact) mass is 362 g/mol. The molecule has 0 unspecified atom stereocenters. The number of aromatic hydroxyl groups is 2. The second-order valence-electron chi connectivity index (χ2n) is 7.13. The van der Waals surface area contributed by atoms with Crippen LogP contribution in [0.4, 0.5) is 0 Å². The van der Waals surface area contributed by atoms with Crippen LogP contribution >= 0.6 is 0 Å². The van der Waals surface area contributed by atoms with Crippen LogP contribution < -0.4 is 4.74 Å². The van der Waals surface area contributed by atoms with E-state index >= 15 is 0 Å². The molecule has 0 aliphatic carbocycles. The summed E-state index contributed by atoms with van der Waals surface area (Å²) < 4.78 is 11.4. The van der Waals surface area contributed by atoms with Crippen molar-refractivity contribution in [2.24, 2.45) is 0 Å². The van der Waals surface area contributed by atoms with E-state index in [-0.39, 0.29) is 29.2 Å². The number of rotatable bonds is 3. The summed E-state index contributed by atoms with van der Waals surface area (Å²) in [5, 5.41) is 30.9. The predicted molar refractivity (Wildman–Crippen MR) is 98.2 cm³/mol. The second kappa shape index (κ2) is 7.03. The van der Waals surface area contributed by atoms with Crippen LogP contribution in [0.3, 0.4) is 0 Å². The third kappa shape index (κ3) is 3.70. The lowest BCUT2D eigenvalue weighted by Crippen LogP contribution is -2.42. The minimum atomic E-state index is -1.26. The van der Waals surface area contributed by atoms with Gasteiger partial charge in [-0.25, -0.2) is 4.79 Å². The number of benzene rings is 1. The zero-order valence-corrected chi connectivity index (χ0v) is 15.8. The third-order valence-electron chi connectivity index (χ3n) is 4.70. The molecule has 0 fully saturated rings. The molecular formula is C20H26O6. The van der Waals surface area contributed by atoms with Crippen LogP contribution in [0.5, 0.6) is 17.2 Å². The number of phenolic OH excluding ortho intramolecular Hbond substituents is 2. The molecule has 6 nitrogen and oxygen atoms in total. The van der Waals surface area contributed by atoms with Crippen LogP contribution in [0, 0.1) is 6.92 Å². The van der Waals surface area contributed by atoms with Gasteiger partial charge in [-0.15, -0.1) is 0 Å². The van der Waals surface area contributed by atoms with Crippen molar-refractivity contribution in [1.29, 1.82) is 0 Å². The summed E-state index contributed by atoms with van der Waals surface area (Å²) in [5.41, 5.74) is 0.159. The molecule has 1 aromatic carbocycles. The molecular weight excluding hydrogens is 336 g/mol. The van der Waals surface area contributed by atoms with Gasteiger partial charge < -0.3 is 24.8 Å². The summed E-state index contributed by atoms with van der Waals surface area (Å²) in [7, 11) is 0. The second-order valence-corrected chi connectivity index (χ2v) is 7.13. The van der Waals surface area contributed by atoms with Gasteiger partial charge in [0.05, 0.1) is 5.60 Å². The number of ether oxygens (including phenoxy) is 2. The van der Waals surface area contributed by atoms with Crippen LogP contribution in [0.2, 0.25) is 0 Å². The van der Waals surface area contributed by atoms with Gasteiger partial charge in [0.25, 0.3) is 0 Å². The van der Waals surface area contributed by atoms with Crippen molar-refractivity contribution in [1.82, 2.24) is 0 Å². The molecule has 6 heteroatoms. The van der Waals surface area contributed by atoms with E-state index < -0.39 is 23.8 Å². The Morgan fingerprint density at radius 1 is 1.42 bits per heavy atom. The standard InChI is InChI=1S/C20H26O6/c1-7-10(2)19(23)25-15-9-16(20(5,6)24)26-18-13(11(15)3)8-14(21)12(4)17(18)22/h7-8,15-16,21-22,24H,3,9H2,1-2,4-6H3/t15-,16+/m1/s1. The summed E-state index contributed by atoms with van der Waals surface area (Å²) in [6.45, 7) is 12.1. The highest BCUT2D eigenvalue weighted by Crippen LogP contribution is 2.46. The first-order valence-corrected chi connectivity index (χ1v) is 8.45. The number of hydrogen-bond donors (Lipinski definition) is 3. The molecule has 0 radical (unpaired) electrons. The Hall–Kier alpha value is -2.47. The maximum absolute atomic E-state index is 12.2. The fraction of sp³-hybridized carbons (Fsp3) is 0.450. The molecule has 1 heterocycles. The van der Waals surface area contributed by atoms with E-state index in [1.807, 2.05) is 0 Å². The molecule has 0 spiro atoms. The highest BCUT2D eigenvalue weighted by Gasteiger charge is 2.39. The summed E-state index contributed by atoms with van der Waals surface area (Å²) in [4.78, 5) is 12.2. The number of aliphatic hydroxyl groups is 1. The topological polar surface area (TPSA) is 96.2 Å². The lowest BCUT2D eigenvalue weighted by atomic mass is 9.92. The summed E-state index contributed by atoms with van der Waals surface area (Å²) in [6.07, 6.45) is 0.246. The first kappa shape index (κ1) is 19.8. The van der Waals surface area contributed by atoms with Gasteiger partial charge >= 0.3 is 5.97 Å². The van der Waals surface area contributed by atoms with Crippen LogP contribution in [-0.4, -0.2) is 39.1 Å². The van der Waals surface area contributed by atoms with E-state index in [0.717, 1.165) is 0 Å². The summed E-state index contributed by atoms with van der Waals surface area (Å²) in [5.74, 6) is -0.745. The Bertz CT molecular complexity index is 769. The lowest BCUT2D eigenvalue weighted by Gasteiger charge is -2.30. The number of esters is 1. The number of fused-ring (bicyclic) bond motifs is 1. The molecule has 0 aromatic heterocycles. The zero-order valence-electron chi connectivity index (χ0n) is 15.8. The Morgan fingerprint density at radius 3 is 2.58 bits per heavy atom. The van der Waals surface area contributed by atoms with Gasteiger partial charge in [0.2, 0.25) is 0 Å². The SMILES string of the molecule is C=C1c2cc(O)c(C)c(O)c2O[C@H](C(C)(C)O)C[C@H]1OC(=O)C(C)=CC. The highest BCUT2D eigenvalue weighted by molar-refractivity contribution is 5.89. The number of carbonyl (C=O) groups excluding carboxylic acids is 1. The van der Waals surface area contributed by atoms with Gasteiger partial charge in [0.15, 0.2) is 11.5 Å². The van der Waals surface area contributed by atoms with Crippen molar-refractivity contribution < 1.29 is 29.6 Å². The number of allylic oxidation sites excluding steroid dienone is 1. The van der Waals surface area contributed by atoms with Gasteiger partial charge in [0.1, 0.15) is 18.0 Å². The van der Waals surface area contributed by atoms with Gasteiger partial charge in [-0.3, -0.25) is 0 Å². The molecule has 1 aliphatic heterocycles. The Morgan fingerprint density at radius 2 is 2.04 bits per heavy atom. The largest absolute Gasteiger partial charge is 0.508 e. The molecule has 0 amide bonds. The fourth-order valence-corrected chi connectivity index (χ4v) is 2.68. The summed E-state index contributed by atoms with van der Waals surface area (Å²) >= 11 is 0. The van der Waals surface area contributed by atoms with Crippen LogP contribution in [0.25, 0.3) is 5.57 Å². The molecule has 0 bridgehead atoms. The van der Waals surface area contributed by atoms with Gasteiger partial charge in [-0.2, -0.15) is 0 Å². The quantitative estimate of drug-likeness (QED) is 0.564. The lowest BCUT2D eigenvalue weighted by molar-refractivity contribution is -0.143. The van der Waals surface area contributed by atoms with E-state index in [4.69, 9.17) is 9.47 Å². The Kier molecular flexibility index (Phi) is 5.37. The van der Waals surface area contributed by atoms with Gasteiger partial charge in [-0.1, -0.05) is 12.7 Å². The van der Waals surface area contributed by atoms with Crippen LogP contribution in [-0.2, 0) is 9.53 Å². The Balaban J connectivity index is 2.56. The molecule has 0 saturated carbocycles. The van der Waals surface area contributed by atoms with Crippen molar-refractivity contribution >= 4 is 11.5 Å². The molecule has 1 aromatic rings. The maximum atomic E-state index is 12.2. The predicted octanol–water partition coefficient (Wildman–Crippen LogP) is 3.22. The van der Waals surface area contributed by atoms with Crippen LogP contribution in [0.1, 0.15) is 45.2 Å². The number of hydrogen-bond acceptors (Lipinski definition) is 6. The van der Waals surface area contributed by atoms with Crippen molar-refractivity contribution in [2.75, 3.05) is 0 Å². The van der Waals surface area contributed by atoms with Crippen LogP contribution in [0.15, 0.2) is 24.3 Å². The third-order valence-corrected chi connectivity index (χ3v) is 4.70. The molecule has 0 saturated heterocycles. The molecule has 2 rings (SSSR count). The normalized spacial score (nSPS) is 20.8. The zero-order chi connectivity index (χ0) is 19.8. The first-order valence-electron chi connectivity index (χ1n) is 8.45. The van der Waals surface area contributed by atoms with Crippen molar-refractivity contribution in [2.45, 2.75) is 58.8 Å². The van der Waals surface area contributed by atoms with Crippen molar-refractivity contribution in [3.05, 3.63) is 35.4 Å². The Labute approximate surface area is 153 Å². The van der Waals surface area contributed by atoms with E-state index in [1.54, 1.807) is 40.7 Å².